The van der Waals surface area contributed by atoms with Crippen molar-refractivity contribution < 1.29 is 19.1 Å². The van der Waals surface area contributed by atoms with Crippen LogP contribution in [0.5, 0.6) is 0 Å². The molecule has 0 spiro atoms. The van der Waals surface area contributed by atoms with Crippen LogP contribution in [0.3, 0.4) is 0 Å². The molecule has 1 aliphatic rings. The maximum Gasteiger partial charge on any atom is 0.312 e. The van der Waals surface area contributed by atoms with Crippen molar-refractivity contribution in [1.82, 2.24) is 5.32 Å². The predicted octanol–water partition coefficient (Wildman–Crippen LogP) is 2.69. The first-order valence-electron chi connectivity index (χ1n) is 7.31. The third kappa shape index (κ3) is 4.55. The summed E-state index contributed by atoms with van der Waals surface area (Å²) in [6, 6.07) is 5.33. The zero-order valence-electron chi connectivity index (χ0n) is 11.8. The van der Waals surface area contributed by atoms with Crippen LogP contribution in [-0.4, -0.2) is 23.5 Å². The van der Waals surface area contributed by atoms with Gasteiger partial charge in [-0.1, -0.05) is 31.4 Å². The highest BCUT2D eigenvalue weighted by Crippen LogP contribution is 2.30. The molecule has 2 rings (SSSR count). The molecule has 0 aromatic heterocycles. The molecule has 0 saturated heterocycles. The molecule has 21 heavy (non-hydrogen) atoms. The minimum absolute atomic E-state index is 0.0322. The highest BCUT2D eigenvalue weighted by atomic mass is 19.1. The average Bonchev–Trinajstić information content (AvgIpc) is 2.39. The molecule has 1 atom stereocenters. The van der Waals surface area contributed by atoms with E-state index in [0.29, 0.717) is 17.9 Å². The zero-order chi connectivity index (χ0) is 15.2. The number of nitrogens with one attached hydrogen (secondary N) is 1. The lowest BCUT2D eigenvalue weighted by atomic mass is 9.82. The third-order valence-corrected chi connectivity index (χ3v) is 4.08. The summed E-state index contributed by atoms with van der Waals surface area (Å²) in [5.41, 5.74) is 0.489. The van der Waals surface area contributed by atoms with Gasteiger partial charge in [0.2, 0.25) is 5.91 Å². The summed E-state index contributed by atoms with van der Waals surface area (Å²) in [5.74, 6) is -1.75. The fourth-order valence-corrected chi connectivity index (χ4v) is 2.46. The lowest BCUT2D eigenvalue weighted by Gasteiger charge is -2.24. The van der Waals surface area contributed by atoms with E-state index in [-0.39, 0.29) is 12.5 Å². The lowest BCUT2D eigenvalue weighted by molar-refractivity contribution is -0.138. The Morgan fingerprint density at radius 3 is 2.48 bits per heavy atom. The first-order chi connectivity index (χ1) is 10.1. The van der Waals surface area contributed by atoms with Gasteiger partial charge in [-0.25, -0.2) is 4.39 Å². The molecule has 0 aliphatic heterocycles. The van der Waals surface area contributed by atoms with E-state index in [0.717, 1.165) is 6.42 Å². The summed E-state index contributed by atoms with van der Waals surface area (Å²) < 4.78 is 12.9. The van der Waals surface area contributed by atoms with Crippen molar-refractivity contribution in [3.63, 3.8) is 0 Å². The molecule has 1 fully saturated rings. The smallest absolute Gasteiger partial charge is 0.312 e. The first-order valence-corrected chi connectivity index (χ1v) is 7.31. The molecule has 114 valence electrons. The van der Waals surface area contributed by atoms with Crippen molar-refractivity contribution in [3.05, 3.63) is 35.6 Å². The van der Waals surface area contributed by atoms with E-state index < -0.39 is 17.7 Å². The molecular weight excluding hydrogens is 273 g/mol. The second-order valence-corrected chi connectivity index (χ2v) is 5.58. The average molecular weight is 293 g/mol. The Labute approximate surface area is 123 Å². The van der Waals surface area contributed by atoms with E-state index in [9.17, 15) is 19.1 Å². The largest absolute Gasteiger partial charge is 0.481 e. The summed E-state index contributed by atoms with van der Waals surface area (Å²) in [5, 5.41) is 11.9. The van der Waals surface area contributed by atoms with Gasteiger partial charge in [0.1, 0.15) is 5.82 Å². The van der Waals surface area contributed by atoms with Crippen molar-refractivity contribution in [2.24, 2.45) is 5.92 Å². The fourth-order valence-electron chi connectivity index (χ4n) is 2.46. The molecule has 1 unspecified atom stereocenters. The number of aliphatic carboxylic acids is 1. The first kappa shape index (κ1) is 15.5. The van der Waals surface area contributed by atoms with E-state index in [4.69, 9.17) is 0 Å². The molecule has 5 heteroatoms. The zero-order valence-corrected chi connectivity index (χ0v) is 11.8. The Kier molecular flexibility index (Phi) is 5.31. The van der Waals surface area contributed by atoms with Crippen molar-refractivity contribution in [1.29, 1.82) is 0 Å². The van der Waals surface area contributed by atoms with Crippen LogP contribution in [-0.2, 0) is 9.59 Å². The maximum absolute atomic E-state index is 12.9. The highest BCUT2D eigenvalue weighted by molar-refractivity contribution is 5.79. The monoisotopic (exact) mass is 293 g/mol. The summed E-state index contributed by atoms with van der Waals surface area (Å²) in [4.78, 5) is 23.0. The molecule has 4 nitrogen and oxygen atoms in total. The number of carboxylic acid groups (broad SMARTS) is 1. The third-order valence-electron chi connectivity index (χ3n) is 4.08. The normalized spacial score (nSPS) is 16.0. The van der Waals surface area contributed by atoms with Crippen molar-refractivity contribution in [3.8, 4) is 0 Å². The number of carboxylic acids is 1. The Balaban J connectivity index is 1.83. The minimum atomic E-state index is -1.03. The summed E-state index contributed by atoms with van der Waals surface area (Å²) in [6.45, 7) is 0.0322. The number of rotatable bonds is 7. The number of carbonyl (C=O) groups is 2. The van der Waals surface area contributed by atoms with Gasteiger partial charge >= 0.3 is 5.97 Å². The van der Waals surface area contributed by atoms with Crippen molar-refractivity contribution in [2.45, 2.75) is 38.0 Å². The van der Waals surface area contributed by atoms with Crippen LogP contribution in [0.25, 0.3) is 0 Å². The van der Waals surface area contributed by atoms with Crippen LogP contribution in [0.2, 0.25) is 0 Å². The van der Waals surface area contributed by atoms with Crippen LogP contribution in [0.1, 0.15) is 43.6 Å². The number of halogens is 1. The summed E-state index contributed by atoms with van der Waals surface area (Å²) in [7, 11) is 0. The molecule has 1 saturated carbocycles. The van der Waals surface area contributed by atoms with Crippen LogP contribution >= 0.6 is 0 Å². The summed E-state index contributed by atoms with van der Waals surface area (Å²) in [6.07, 6.45) is 4.96. The highest BCUT2D eigenvalue weighted by Gasteiger charge is 2.22. The van der Waals surface area contributed by atoms with Crippen LogP contribution in [0.4, 0.5) is 4.39 Å². The molecule has 0 radical (unpaired) electrons. The van der Waals surface area contributed by atoms with E-state index >= 15 is 0 Å². The van der Waals surface area contributed by atoms with Gasteiger partial charge in [0.25, 0.3) is 0 Å². The SMILES string of the molecule is O=C(CCC1CCC1)NCC(C(=O)O)c1ccc(F)cc1. The molecule has 0 bridgehead atoms. The molecule has 1 aromatic rings. The topological polar surface area (TPSA) is 66.4 Å². The van der Waals surface area contributed by atoms with Gasteiger partial charge in [0, 0.05) is 13.0 Å². The fraction of sp³-hybridized carbons (Fsp3) is 0.500. The standard InChI is InChI=1S/C16H20FNO3/c17-13-7-5-12(6-8-13)14(16(20)21)10-18-15(19)9-4-11-2-1-3-11/h5-8,11,14H,1-4,9-10H2,(H,18,19)(H,20,21). The lowest BCUT2D eigenvalue weighted by Crippen LogP contribution is -2.32. The number of carbonyl (C=O) groups excluding carboxylic acids is 1. The second kappa shape index (κ2) is 7.20. The Hall–Kier alpha value is -1.91. The number of hydrogen-bond donors (Lipinski definition) is 2. The van der Waals surface area contributed by atoms with Crippen LogP contribution in [0.15, 0.2) is 24.3 Å². The number of benzene rings is 1. The van der Waals surface area contributed by atoms with Gasteiger partial charge in [-0.05, 0) is 30.0 Å². The Bertz CT molecular complexity index is 497. The number of amides is 1. The Morgan fingerprint density at radius 2 is 1.95 bits per heavy atom. The predicted molar refractivity (Wildman–Crippen MR) is 76.4 cm³/mol. The van der Waals surface area contributed by atoms with Gasteiger partial charge < -0.3 is 10.4 Å². The summed E-state index contributed by atoms with van der Waals surface area (Å²) >= 11 is 0. The minimum Gasteiger partial charge on any atom is -0.481 e. The van der Waals surface area contributed by atoms with Gasteiger partial charge in [-0.2, -0.15) is 0 Å². The molecular formula is C16H20FNO3. The molecule has 1 aromatic carbocycles. The van der Waals surface area contributed by atoms with Crippen LogP contribution < -0.4 is 5.32 Å². The maximum atomic E-state index is 12.9. The number of hydrogen-bond acceptors (Lipinski definition) is 2. The van der Waals surface area contributed by atoms with Gasteiger partial charge in [0.15, 0.2) is 0 Å². The quantitative estimate of drug-likeness (QED) is 0.812. The van der Waals surface area contributed by atoms with E-state index in [1.54, 1.807) is 0 Å². The van der Waals surface area contributed by atoms with Gasteiger partial charge in [0.05, 0.1) is 5.92 Å². The van der Waals surface area contributed by atoms with Crippen molar-refractivity contribution >= 4 is 11.9 Å². The van der Waals surface area contributed by atoms with E-state index in [1.165, 1.54) is 43.5 Å². The van der Waals surface area contributed by atoms with E-state index in [2.05, 4.69) is 5.32 Å². The van der Waals surface area contributed by atoms with Gasteiger partial charge in [-0.15, -0.1) is 0 Å². The van der Waals surface area contributed by atoms with Gasteiger partial charge in [-0.3, -0.25) is 9.59 Å². The Morgan fingerprint density at radius 1 is 1.29 bits per heavy atom. The molecule has 0 heterocycles. The van der Waals surface area contributed by atoms with Crippen LogP contribution in [0, 0.1) is 11.7 Å². The molecule has 1 amide bonds. The molecule has 1 aliphatic carbocycles. The second-order valence-electron chi connectivity index (χ2n) is 5.58. The van der Waals surface area contributed by atoms with Crippen molar-refractivity contribution in [2.75, 3.05) is 6.54 Å². The van der Waals surface area contributed by atoms with E-state index in [1.807, 2.05) is 0 Å². The molecule has 2 N–H and O–H groups in total.